The SMILES string of the molecule is CCNC(=NCc1ccc(COC(C)C)cc1)N(C)CCC1CCOCC1.I. The number of hydrogen-bond acceptors (Lipinski definition) is 3. The topological polar surface area (TPSA) is 46.1 Å². The molecule has 0 aliphatic carbocycles. The molecule has 1 aliphatic rings. The van der Waals surface area contributed by atoms with Crippen LogP contribution < -0.4 is 5.32 Å². The number of guanidine groups is 1. The van der Waals surface area contributed by atoms with Crippen molar-refractivity contribution >= 4 is 29.9 Å². The van der Waals surface area contributed by atoms with Crippen LogP contribution in [0.1, 0.15) is 51.2 Å². The predicted octanol–water partition coefficient (Wildman–Crippen LogP) is 4.44. The standard InChI is InChI=1S/C22H37N3O2.HI/c1-5-23-22(25(4)13-10-19-11-14-26-15-12-19)24-16-20-6-8-21(9-7-20)17-27-18(2)3;/h6-9,18-19H,5,10-17H2,1-4H3,(H,23,24);1H. The Labute approximate surface area is 188 Å². The lowest BCUT2D eigenvalue weighted by Gasteiger charge is -2.26. The van der Waals surface area contributed by atoms with E-state index in [2.05, 4.69) is 62.3 Å². The second-order valence-corrected chi connectivity index (χ2v) is 7.61. The number of aliphatic imine (C=N–C) groups is 1. The van der Waals surface area contributed by atoms with Crippen molar-refractivity contribution in [3.05, 3.63) is 35.4 Å². The van der Waals surface area contributed by atoms with Crippen LogP contribution in [0.2, 0.25) is 0 Å². The lowest BCUT2D eigenvalue weighted by Crippen LogP contribution is -2.40. The quantitative estimate of drug-likeness (QED) is 0.308. The van der Waals surface area contributed by atoms with Crippen LogP contribution in [0.25, 0.3) is 0 Å². The summed E-state index contributed by atoms with van der Waals surface area (Å²) in [5, 5.41) is 3.42. The molecule has 0 aromatic heterocycles. The zero-order chi connectivity index (χ0) is 19.5. The molecule has 0 spiro atoms. The molecule has 1 heterocycles. The fourth-order valence-corrected chi connectivity index (χ4v) is 3.16. The monoisotopic (exact) mass is 503 g/mol. The summed E-state index contributed by atoms with van der Waals surface area (Å²) < 4.78 is 11.1. The summed E-state index contributed by atoms with van der Waals surface area (Å²) in [6.45, 7) is 11.3. The van der Waals surface area contributed by atoms with Crippen LogP contribution in [0.4, 0.5) is 0 Å². The van der Waals surface area contributed by atoms with Crippen LogP contribution in [0.3, 0.4) is 0 Å². The van der Waals surface area contributed by atoms with Crippen molar-refractivity contribution in [2.45, 2.75) is 59.3 Å². The number of rotatable bonds is 9. The number of nitrogens with one attached hydrogen (secondary N) is 1. The molecule has 0 atom stereocenters. The molecule has 160 valence electrons. The molecule has 1 aliphatic heterocycles. The Bertz CT molecular complexity index is 557. The van der Waals surface area contributed by atoms with Gasteiger partial charge in [0.2, 0.25) is 0 Å². The highest BCUT2D eigenvalue weighted by Gasteiger charge is 2.15. The molecule has 0 radical (unpaired) electrons. The molecule has 1 aromatic carbocycles. The smallest absolute Gasteiger partial charge is 0.193 e. The zero-order valence-electron chi connectivity index (χ0n) is 17.9. The average molecular weight is 503 g/mol. The van der Waals surface area contributed by atoms with E-state index in [1.807, 2.05) is 0 Å². The first kappa shape index (κ1) is 25.2. The van der Waals surface area contributed by atoms with Gasteiger partial charge in [0.25, 0.3) is 0 Å². The summed E-state index contributed by atoms with van der Waals surface area (Å²) >= 11 is 0. The normalized spacial score (nSPS) is 15.4. The Balaban J connectivity index is 0.00000392. The highest BCUT2D eigenvalue weighted by atomic mass is 127. The van der Waals surface area contributed by atoms with Crippen LogP contribution in [-0.2, 0) is 22.6 Å². The van der Waals surface area contributed by atoms with Gasteiger partial charge in [0, 0.05) is 33.4 Å². The summed E-state index contributed by atoms with van der Waals surface area (Å²) in [4.78, 5) is 7.08. The fraction of sp³-hybridized carbons (Fsp3) is 0.682. The van der Waals surface area contributed by atoms with E-state index in [4.69, 9.17) is 14.5 Å². The fourth-order valence-electron chi connectivity index (χ4n) is 3.16. The van der Waals surface area contributed by atoms with E-state index >= 15 is 0 Å². The van der Waals surface area contributed by atoms with Gasteiger partial charge < -0.3 is 19.7 Å². The largest absolute Gasteiger partial charge is 0.381 e. The van der Waals surface area contributed by atoms with Gasteiger partial charge in [-0.3, -0.25) is 0 Å². The van der Waals surface area contributed by atoms with Gasteiger partial charge in [-0.2, -0.15) is 0 Å². The van der Waals surface area contributed by atoms with Crippen molar-refractivity contribution in [2.75, 3.05) is 33.4 Å². The molecule has 1 aromatic rings. The third kappa shape index (κ3) is 9.56. The van der Waals surface area contributed by atoms with E-state index < -0.39 is 0 Å². The van der Waals surface area contributed by atoms with E-state index in [-0.39, 0.29) is 30.1 Å². The van der Waals surface area contributed by atoms with Crippen molar-refractivity contribution < 1.29 is 9.47 Å². The Kier molecular flexibility index (Phi) is 12.7. The van der Waals surface area contributed by atoms with Crippen LogP contribution in [-0.4, -0.2) is 50.3 Å². The number of benzene rings is 1. The van der Waals surface area contributed by atoms with Crippen molar-refractivity contribution in [3.8, 4) is 0 Å². The summed E-state index contributed by atoms with van der Waals surface area (Å²) in [6, 6.07) is 8.56. The molecular formula is C22H38IN3O2. The van der Waals surface area contributed by atoms with Crippen molar-refractivity contribution in [3.63, 3.8) is 0 Å². The van der Waals surface area contributed by atoms with Gasteiger partial charge in [0.05, 0.1) is 19.3 Å². The molecule has 6 heteroatoms. The maximum atomic E-state index is 5.65. The lowest BCUT2D eigenvalue weighted by atomic mass is 9.96. The molecule has 0 saturated carbocycles. The number of nitrogens with zero attached hydrogens (tertiary/aromatic N) is 2. The maximum absolute atomic E-state index is 5.65. The van der Waals surface area contributed by atoms with Gasteiger partial charge >= 0.3 is 0 Å². The molecule has 0 amide bonds. The molecule has 0 unspecified atom stereocenters. The third-order valence-electron chi connectivity index (χ3n) is 4.93. The van der Waals surface area contributed by atoms with Gasteiger partial charge in [-0.25, -0.2) is 4.99 Å². The summed E-state index contributed by atoms with van der Waals surface area (Å²) in [5.41, 5.74) is 2.42. The van der Waals surface area contributed by atoms with Gasteiger partial charge in [0.15, 0.2) is 5.96 Å². The van der Waals surface area contributed by atoms with Crippen LogP contribution in [0.5, 0.6) is 0 Å². The second-order valence-electron chi connectivity index (χ2n) is 7.61. The van der Waals surface area contributed by atoms with E-state index in [1.165, 1.54) is 30.4 Å². The van der Waals surface area contributed by atoms with Crippen LogP contribution in [0.15, 0.2) is 29.3 Å². The minimum atomic E-state index is 0. The summed E-state index contributed by atoms with van der Waals surface area (Å²) in [5.74, 6) is 1.77. The first-order valence-corrected chi connectivity index (χ1v) is 10.3. The minimum Gasteiger partial charge on any atom is -0.381 e. The Hall–Kier alpha value is -0.860. The van der Waals surface area contributed by atoms with Gasteiger partial charge in [-0.1, -0.05) is 24.3 Å². The lowest BCUT2D eigenvalue weighted by molar-refractivity contribution is 0.0625. The maximum Gasteiger partial charge on any atom is 0.193 e. The molecule has 2 rings (SSSR count). The molecule has 0 bridgehead atoms. The molecular weight excluding hydrogens is 465 g/mol. The number of hydrogen-bond donors (Lipinski definition) is 1. The Morgan fingerprint density at radius 1 is 1.21 bits per heavy atom. The molecule has 5 nitrogen and oxygen atoms in total. The molecule has 1 N–H and O–H groups in total. The predicted molar refractivity (Wildman–Crippen MR) is 127 cm³/mol. The Morgan fingerprint density at radius 3 is 2.46 bits per heavy atom. The third-order valence-corrected chi connectivity index (χ3v) is 4.93. The number of ether oxygens (including phenoxy) is 2. The van der Waals surface area contributed by atoms with E-state index in [0.29, 0.717) is 13.2 Å². The van der Waals surface area contributed by atoms with Crippen LogP contribution in [0, 0.1) is 5.92 Å². The summed E-state index contributed by atoms with van der Waals surface area (Å²) in [6.07, 6.45) is 3.84. The Morgan fingerprint density at radius 2 is 1.86 bits per heavy atom. The number of halogens is 1. The first-order chi connectivity index (χ1) is 13.1. The van der Waals surface area contributed by atoms with Gasteiger partial charge in [-0.05, 0) is 57.1 Å². The first-order valence-electron chi connectivity index (χ1n) is 10.3. The molecule has 1 fully saturated rings. The summed E-state index contributed by atoms with van der Waals surface area (Å²) in [7, 11) is 2.13. The average Bonchev–Trinajstić information content (AvgIpc) is 2.69. The highest BCUT2D eigenvalue weighted by Crippen LogP contribution is 2.18. The highest BCUT2D eigenvalue weighted by molar-refractivity contribution is 14.0. The van der Waals surface area contributed by atoms with E-state index in [0.717, 1.165) is 38.2 Å². The minimum absolute atomic E-state index is 0. The van der Waals surface area contributed by atoms with Crippen molar-refractivity contribution in [1.29, 1.82) is 0 Å². The van der Waals surface area contributed by atoms with E-state index in [9.17, 15) is 0 Å². The van der Waals surface area contributed by atoms with E-state index in [1.54, 1.807) is 0 Å². The molecule has 1 saturated heterocycles. The second kappa shape index (κ2) is 14.2. The zero-order valence-corrected chi connectivity index (χ0v) is 20.3. The van der Waals surface area contributed by atoms with Crippen LogP contribution >= 0.6 is 24.0 Å². The molecule has 28 heavy (non-hydrogen) atoms. The van der Waals surface area contributed by atoms with Crippen molar-refractivity contribution in [2.24, 2.45) is 10.9 Å². The van der Waals surface area contributed by atoms with Crippen molar-refractivity contribution in [1.82, 2.24) is 10.2 Å². The van der Waals surface area contributed by atoms with Gasteiger partial charge in [-0.15, -0.1) is 24.0 Å². The van der Waals surface area contributed by atoms with Gasteiger partial charge in [0.1, 0.15) is 0 Å².